The molecule has 1 amide bonds. The number of H-pyrrole nitrogens is 1. The van der Waals surface area contributed by atoms with E-state index in [1.807, 2.05) is 0 Å². The maximum atomic E-state index is 13.0. The Labute approximate surface area is 155 Å². The number of alkyl halides is 3. The molecule has 3 aromatic heterocycles. The molecule has 0 aliphatic carbocycles. The van der Waals surface area contributed by atoms with Gasteiger partial charge in [0.2, 0.25) is 0 Å². The van der Waals surface area contributed by atoms with Gasteiger partial charge in [0, 0.05) is 23.3 Å². The Morgan fingerprint density at radius 3 is 2.68 bits per heavy atom. The van der Waals surface area contributed by atoms with E-state index in [0.717, 1.165) is 10.5 Å². The van der Waals surface area contributed by atoms with Crippen LogP contribution >= 0.6 is 0 Å². The molecule has 4 rings (SSSR count). The molecule has 142 valence electrons. The molecule has 0 unspecified atom stereocenters. The number of carbonyl (C=O) groups excluding carboxylic acids is 2. The number of hydrogen-bond acceptors (Lipinski definition) is 4. The molecular weight excluding hydrogens is 375 g/mol. The van der Waals surface area contributed by atoms with E-state index in [0.29, 0.717) is 10.9 Å². The van der Waals surface area contributed by atoms with Gasteiger partial charge in [-0.25, -0.2) is 0 Å². The number of aromatic amines is 1. The number of amides is 1. The first-order valence-electron chi connectivity index (χ1n) is 8.14. The van der Waals surface area contributed by atoms with Crippen molar-refractivity contribution in [2.24, 2.45) is 0 Å². The third-order valence-corrected chi connectivity index (χ3v) is 4.26. The largest absolute Gasteiger partial charge is 0.420 e. The summed E-state index contributed by atoms with van der Waals surface area (Å²) in [7, 11) is 0. The lowest BCUT2D eigenvalue weighted by Gasteiger charge is -2.08. The summed E-state index contributed by atoms with van der Waals surface area (Å²) in [5.41, 5.74) is -0.391. The summed E-state index contributed by atoms with van der Waals surface area (Å²) in [5.74, 6) is -1.59. The number of halogens is 3. The SMILES string of the molecule is O=C(NCc1nnc2c(C(F)(F)F)cccn12)C(=O)c1c[nH]c2ccccc12. The first-order valence-corrected chi connectivity index (χ1v) is 8.14. The Bertz CT molecular complexity index is 1210. The van der Waals surface area contributed by atoms with Crippen molar-refractivity contribution in [1.82, 2.24) is 24.9 Å². The van der Waals surface area contributed by atoms with Crippen LogP contribution in [0.5, 0.6) is 0 Å². The van der Waals surface area contributed by atoms with Crippen molar-refractivity contribution in [1.29, 1.82) is 0 Å². The van der Waals surface area contributed by atoms with Crippen LogP contribution in [0.25, 0.3) is 16.6 Å². The lowest BCUT2D eigenvalue weighted by Crippen LogP contribution is -2.31. The first kappa shape index (κ1) is 17.7. The Balaban J connectivity index is 1.55. The van der Waals surface area contributed by atoms with E-state index in [1.54, 1.807) is 24.3 Å². The summed E-state index contributed by atoms with van der Waals surface area (Å²) >= 11 is 0. The molecule has 0 spiro atoms. The quantitative estimate of drug-likeness (QED) is 0.416. The molecular formula is C18H12F3N5O2. The standard InChI is InChI=1S/C18H12F3N5O2/c19-18(20,21)12-5-3-7-26-14(24-25-16(12)26)9-23-17(28)15(27)11-8-22-13-6-2-1-4-10(11)13/h1-8,22H,9H2,(H,23,28). The van der Waals surface area contributed by atoms with Gasteiger partial charge in [0.15, 0.2) is 11.5 Å². The molecule has 4 aromatic rings. The Morgan fingerprint density at radius 2 is 1.89 bits per heavy atom. The lowest BCUT2D eigenvalue weighted by atomic mass is 10.1. The first-order chi connectivity index (χ1) is 13.4. The monoisotopic (exact) mass is 387 g/mol. The third kappa shape index (κ3) is 2.98. The molecule has 0 fully saturated rings. The van der Waals surface area contributed by atoms with Crippen LogP contribution in [0.3, 0.4) is 0 Å². The number of nitrogens with one attached hydrogen (secondary N) is 2. The van der Waals surface area contributed by atoms with Gasteiger partial charge in [0.1, 0.15) is 5.56 Å². The molecule has 3 heterocycles. The van der Waals surface area contributed by atoms with Gasteiger partial charge in [-0.1, -0.05) is 18.2 Å². The number of hydrogen-bond donors (Lipinski definition) is 2. The van der Waals surface area contributed by atoms with Gasteiger partial charge in [0.05, 0.1) is 12.1 Å². The van der Waals surface area contributed by atoms with Crippen molar-refractivity contribution in [2.75, 3.05) is 0 Å². The molecule has 10 heteroatoms. The summed E-state index contributed by atoms with van der Waals surface area (Å²) in [4.78, 5) is 27.5. The number of para-hydroxylation sites is 1. The van der Waals surface area contributed by atoms with Gasteiger partial charge < -0.3 is 10.3 Å². The molecule has 0 radical (unpaired) electrons. The highest BCUT2D eigenvalue weighted by Crippen LogP contribution is 2.31. The van der Waals surface area contributed by atoms with Gasteiger partial charge >= 0.3 is 6.18 Å². The van der Waals surface area contributed by atoms with E-state index in [9.17, 15) is 22.8 Å². The number of pyridine rings is 1. The second-order valence-corrected chi connectivity index (χ2v) is 5.99. The van der Waals surface area contributed by atoms with Gasteiger partial charge in [-0.2, -0.15) is 13.2 Å². The molecule has 7 nitrogen and oxygen atoms in total. The topological polar surface area (TPSA) is 92.2 Å². The second-order valence-electron chi connectivity index (χ2n) is 5.99. The molecule has 2 N–H and O–H groups in total. The number of benzene rings is 1. The van der Waals surface area contributed by atoms with E-state index in [1.165, 1.54) is 18.5 Å². The van der Waals surface area contributed by atoms with Crippen LogP contribution in [0.1, 0.15) is 21.7 Å². The predicted octanol–water partition coefficient (Wildman–Crippen LogP) is 2.73. The Kier molecular flexibility index (Phi) is 4.10. The van der Waals surface area contributed by atoms with Gasteiger partial charge in [0.25, 0.3) is 11.7 Å². The Hall–Kier alpha value is -3.69. The molecule has 0 bridgehead atoms. The predicted molar refractivity (Wildman–Crippen MR) is 92.5 cm³/mol. The molecule has 0 aliphatic rings. The van der Waals surface area contributed by atoms with Crippen LogP contribution in [0.15, 0.2) is 48.8 Å². The van der Waals surface area contributed by atoms with Crippen molar-refractivity contribution in [3.05, 3.63) is 65.7 Å². The fourth-order valence-electron chi connectivity index (χ4n) is 2.93. The number of ketones is 1. The van der Waals surface area contributed by atoms with Crippen LogP contribution in [-0.4, -0.2) is 31.3 Å². The van der Waals surface area contributed by atoms with Crippen LogP contribution in [0, 0.1) is 0 Å². The van der Waals surface area contributed by atoms with Crippen LogP contribution < -0.4 is 5.32 Å². The number of fused-ring (bicyclic) bond motifs is 2. The maximum absolute atomic E-state index is 13.0. The average Bonchev–Trinajstić information content (AvgIpc) is 3.28. The van der Waals surface area contributed by atoms with Gasteiger partial charge in [-0.15, -0.1) is 10.2 Å². The molecule has 0 saturated carbocycles. The highest BCUT2D eigenvalue weighted by atomic mass is 19.4. The molecule has 1 aromatic carbocycles. The zero-order chi connectivity index (χ0) is 19.9. The smallest absolute Gasteiger partial charge is 0.360 e. The normalized spacial score (nSPS) is 11.8. The fourth-order valence-corrected chi connectivity index (χ4v) is 2.93. The number of nitrogens with zero attached hydrogens (tertiary/aromatic N) is 3. The summed E-state index contributed by atoms with van der Waals surface area (Å²) in [6.07, 6.45) is -1.79. The third-order valence-electron chi connectivity index (χ3n) is 4.26. The van der Waals surface area contributed by atoms with Crippen molar-refractivity contribution in [2.45, 2.75) is 12.7 Å². The second kappa shape index (κ2) is 6.48. The van der Waals surface area contributed by atoms with Gasteiger partial charge in [-0.05, 0) is 18.2 Å². The fraction of sp³-hybridized carbons (Fsp3) is 0.111. The molecule has 28 heavy (non-hydrogen) atoms. The van der Waals surface area contributed by atoms with Crippen LogP contribution in [0.2, 0.25) is 0 Å². The summed E-state index contributed by atoms with van der Waals surface area (Å²) in [5, 5.41) is 10.2. The minimum atomic E-state index is -4.58. The summed E-state index contributed by atoms with van der Waals surface area (Å²) in [6, 6.07) is 9.11. The number of rotatable bonds is 4. The zero-order valence-electron chi connectivity index (χ0n) is 14.1. The average molecular weight is 387 g/mol. The zero-order valence-corrected chi connectivity index (χ0v) is 14.1. The van der Waals surface area contributed by atoms with Crippen LogP contribution in [0.4, 0.5) is 13.2 Å². The Morgan fingerprint density at radius 1 is 1.11 bits per heavy atom. The van der Waals surface area contributed by atoms with E-state index < -0.39 is 23.4 Å². The molecule has 0 aliphatic heterocycles. The number of aromatic nitrogens is 4. The molecule has 0 saturated heterocycles. The minimum Gasteiger partial charge on any atom is -0.360 e. The summed E-state index contributed by atoms with van der Waals surface area (Å²) < 4.78 is 40.2. The van der Waals surface area contributed by atoms with E-state index in [4.69, 9.17) is 0 Å². The molecule has 0 atom stereocenters. The van der Waals surface area contributed by atoms with Crippen molar-refractivity contribution in [3.63, 3.8) is 0 Å². The van der Waals surface area contributed by atoms with E-state index >= 15 is 0 Å². The van der Waals surface area contributed by atoms with Gasteiger partial charge in [-0.3, -0.25) is 14.0 Å². The number of Topliss-reactive ketones (excluding diaryl/α,β-unsaturated/α-hetero) is 1. The van der Waals surface area contributed by atoms with E-state index in [-0.39, 0.29) is 23.6 Å². The lowest BCUT2D eigenvalue weighted by molar-refractivity contribution is -0.136. The van der Waals surface area contributed by atoms with Crippen molar-refractivity contribution >= 4 is 28.2 Å². The van der Waals surface area contributed by atoms with Crippen LogP contribution in [-0.2, 0) is 17.5 Å². The highest BCUT2D eigenvalue weighted by molar-refractivity contribution is 6.44. The number of carbonyl (C=O) groups is 2. The summed E-state index contributed by atoms with van der Waals surface area (Å²) in [6.45, 7) is -0.255. The van der Waals surface area contributed by atoms with Crippen molar-refractivity contribution in [3.8, 4) is 0 Å². The van der Waals surface area contributed by atoms with E-state index in [2.05, 4.69) is 20.5 Å². The minimum absolute atomic E-state index is 0.0705. The van der Waals surface area contributed by atoms with Crippen molar-refractivity contribution < 1.29 is 22.8 Å². The maximum Gasteiger partial charge on any atom is 0.420 e. The highest BCUT2D eigenvalue weighted by Gasteiger charge is 2.34.